The van der Waals surface area contributed by atoms with Crippen LogP contribution < -0.4 is 4.74 Å². The van der Waals surface area contributed by atoms with Crippen LogP contribution in [0.5, 0.6) is 5.88 Å². The highest BCUT2D eigenvalue weighted by Gasteiger charge is 2.12. The van der Waals surface area contributed by atoms with Gasteiger partial charge in [0.1, 0.15) is 18.0 Å². The highest BCUT2D eigenvalue weighted by atomic mass is 16.5. The van der Waals surface area contributed by atoms with Gasteiger partial charge < -0.3 is 4.74 Å². The minimum Gasteiger partial charge on any atom is -0.471 e. The zero-order valence-electron chi connectivity index (χ0n) is 34.5. The zero-order valence-corrected chi connectivity index (χ0v) is 34.5. The lowest BCUT2D eigenvalue weighted by atomic mass is 10.1. The van der Waals surface area contributed by atoms with Crippen molar-refractivity contribution in [2.24, 2.45) is 0 Å². The third-order valence-electron chi connectivity index (χ3n) is 10.9. The molecule has 10 aromatic rings. The van der Waals surface area contributed by atoms with Gasteiger partial charge in [-0.1, -0.05) is 60.7 Å². The summed E-state index contributed by atoms with van der Waals surface area (Å²) in [5, 5.41) is 4.54. The van der Waals surface area contributed by atoms with Crippen molar-refractivity contribution in [2.75, 3.05) is 0 Å². The highest BCUT2D eigenvalue weighted by molar-refractivity contribution is 6.03. The average molecular weight is 811 g/mol. The van der Waals surface area contributed by atoms with Crippen molar-refractivity contribution in [3.05, 3.63) is 174 Å². The van der Waals surface area contributed by atoms with E-state index in [0.717, 1.165) is 133 Å². The maximum Gasteiger partial charge on any atom is 0.217 e. The Bertz CT molecular complexity index is 3050. The molecule has 9 heterocycles. The molecule has 302 valence electrons. The molecule has 0 atom stereocenters. The maximum absolute atomic E-state index is 5.85. The van der Waals surface area contributed by atoms with Gasteiger partial charge in [-0.3, -0.25) is 19.9 Å². The number of nitrogens with zero attached hydrogens (tertiary/aromatic N) is 10. The molecule has 11 heteroatoms. The summed E-state index contributed by atoms with van der Waals surface area (Å²) in [4.78, 5) is 46.8. The third kappa shape index (κ3) is 8.51. The number of aromatic nitrogens is 10. The van der Waals surface area contributed by atoms with Crippen LogP contribution in [-0.2, 0) is 32.3 Å². The number of rotatable bonds is 4. The molecule has 0 spiro atoms. The Labute approximate surface area is 358 Å². The summed E-state index contributed by atoms with van der Waals surface area (Å²) in [5.74, 6) is 1.62. The minimum absolute atomic E-state index is 0.277. The number of pyridine rings is 6. The second-order valence-corrected chi connectivity index (χ2v) is 15.5. The Morgan fingerprint density at radius 1 is 0.435 bits per heavy atom. The second-order valence-electron chi connectivity index (χ2n) is 15.5. The molecule has 1 aliphatic heterocycles. The molecule has 11 rings (SSSR count). The normalized spacial score (nSPS) is 12.4. The van der Waals surface area contributed by atoms with Crippen LogP contribution in [0.1, 0.15) is 52.7 Å². The van der Waals surface area contributed by atoms with E-state index in [1.807, 2.05) is 56.3 Å². The molecule has 2 aromatic carbocycles. The van der Waals surface area contributed by atoms with E-state index in [1.54, 1.807) is 18.5 Å². The summed E-state index contributed by atoms with van der Waals surface area (Å²) in [7, 11) is 0. The Morgan fingerprint density at radius 3 is 1.48 bits per heavy atom. The lowest BCUT2D eigenvalue weighted by Gasteiger charge is -2.08. The van der Waals surface area contributed by atoms with Crippen LogP contribution in [-0.4, -0.2) is 49.8 Å². The van der Waals surface area contributed by atoms with Crippen molar-refractivity contribution >= 4 is 43.6 Å². The first-order valence-electron chi connectivity index (χ1n) is 21.0. The number of benzene rings is 2. The summed E-state index contributed by atoms with van der Waals surface area (Å²) in [5.41, 5.74) is 12.5. The van der Waals surface area contributed by atoms with Gasteiger partial charge >= 0.3 is 0 Å². The number of aryl methyl sites for hydroxylation is 6. The molecule has 8 bridgehead atoms. The minimum atomic E-state index is 0.277. The highest BCUT2D eigenvalue weighted by Crippen LogP contribution is 2.26. The van der Waals surface area contributed by atoms with E-state index in [-0.39, 0.29) is 6.61 Å². The third-order valence-corrected chi connectivity index (χ3v) is 10.9. The van der Waals surface area contributed by atoms with Crippen molar-refractivity contribution in [1.82, 2.24) is 49.8 Å². The van der Waals surface area contributed by atoms with Crippen molar-refractivity contribution in [1.29, 1.82) is 0 Å². The Hall–Kier alpha value is -7.66. The van der Waals surface area contributed by atoms with E-state index < -0.39 is 0 Å². The summed E-state index contributed by atoms with van der Waals surface area (Å²) >= 11 is 0. The summed E-state index contributed by atoms with van der Waals surface area (Å²) < 4.78 is 5.85. The topological polar surface area (TPSA) is 138 Å². The first kappa shape index (κ1) is 38.5. The van der Waals surface area contributed by atoms with Crippen molar-refractivity contribution < 1.29 is 4.74 Å². The fraction of sp³-hybridized carbons (Fsp3) is 0.176. The monoisotopic (exact) mass is 810 g/mol. The standard InChI is InChI=1S/C29H24N4.C22H18N6O/c1-18-6-8-20-10-12-22-14-16-24(32-28(22)26(20)30-18)4-3-5-25-17-15-23-13-11-21-9-7-19(2)31-27(21)29(23)33-25;1-4-15-6-2-8-18(25-15)21-23-12-10-17(27-21)14-29-20-11-13-24-22(28-20)19-9-3-7-16(5-1)26-19/h6-17H,3-5H2,1-2H3;2-3,6-13H,1,4-5,14H2. The zero-order chi connectivity index (χ0) is 41.8. The first-order valence-corrected chi connectivity index (χ1v) is 21.0. The number of hydrogen-bond acceptors (Lipinski definition) is 11. The molecular formula is C51H42N10O. The van der Waals surface area contributed by atoms with Gasteiger partial charge in [0.25, 0.3) is 0 Å². The molecule has 0 aliphatic carbocycles. The van der Waals surface area contributed by atoms with Crippen LogP contribution in [0.3, 0.4) is 0 Å². The Morgan fingerprint density at radius 2 is 0.919 bits per heavy atom. The fourth-order valence-corrected chi connectivity index (χ4v) is 7.77. The fourth-order valence-electron chi connectivity index (χ4n) is 7.77. The van der Waals surface area contributed by atoms with Gasteiger partial charge in [-0.15, -0.1) is 0 Å². The van der Waals surface area contributed by atoms with E-state index in [4.69, 9.17) is 34.6 Å². The smallest absolute Gasteiger partial charge is 0.217 e. The van der Waals surface area contributed by atoms with Crippen LogP contribution in [0.2, 0.25) is 0 Å². The molecule has 11 nitrogen and oxygen atoms in total. The predicted molar refractivity (Wildman–Crippen MR) is 242 cm³/mol. The van der Waals surface area contributed by atoms with Crippen molar-refractivity contribution in [2.45, 2.75) is 59.0 Å². The van der Waals surface area contributed by atoms with E-state index >= 15 is 0 Å². The van der Waals surface area contributed by atoms with Crippen LogP contribution >= 0.6 is 0 Å². The lowest BCUT2D eigenvalue weighted by Crippen LogP contribution is -2.03. The van der Waals surface area contributed by atoms with E-state index in [2.05, 4.69) is 92.7 Å². The van der Waals surface area contributed by atoms with Gasteiger partial charge in [-0.2, -0.15) is 4.98 Å². The largest absolute Gasteiger partial charge is 0.471 e. The molecule has 0 saturated heterocycles. The summed E-state index contributed by atoms with van der Waals surface area (Å²) in [6, 6.07) is 40.9. The number of hydrogen-bond donors (Lipinski definition) is 0. The Kier molecular flexibility index (Phi) is 10.7. The van der Waals surface area contributed by atoms with Crippen molar-refractivity contribution in [3.63, 3.8) is 0 Å². The van der Waals surface area contributed by atoms with E-state index in [0.29, 0.717) is 17.5 Å². The Balaban J connectivity index is 0.000000149. The predicted octanol–water partition coefficient (Wildman–Crippen LogP) is 10.1. The summed E-state index contributed by atoms with van der Waals surface area (Å²) in [6.45, 7) is 4.33. The molecule has 8 aromatic heterocycles. The molecule has 0 radical (unpaired) electrons. The van der Waals surface area contributed by atoms with Crippen LogP contribution in [0.4, 0.5) is 0 Å². The second kappa shape index (κ2) is 17.1. The molecule has 62 heavy (non-hydrogen) atoms. The lowest BCUT2D eigenvalue weighted by molar-refractivity contribution is 0.289. The number of ether oxygens (including phenoxy) is 1. The van der Waals surface area contributed by atoms with Gasteiger partial charge in [0.15, 0.2) is 11.6 Å². The van der Waals surface area contributed by atoms with E-state index in [9.17, 15) is 0 Å². The number of fused-ring (bicyclic) bond motifs is 16. The quantitative estimate of drug-likeness (QED) is 0.157. The molecule has 1 aliphatic rings. The molecule has 0 fully saturated rings. The van der Waals surface area contributed by atoms with Crippen LogP contribution in [0.15, 0.2) is 134 Å². The van der Waals surface area contributed by atoms with Gasteiger partial charge in [0, 0.05) is 74.2 Å². The van der Waals surface area contributed by atoms with Crippen LogP contribution in [0, 0.1) is 13.8 Å². The van der Waals surface area contributed by atoms with E-state index in [1.165, 1.54) is 0 Å². The maximum atomic E-state index is 5.85. The molecular weight excluding hydrogens is 769 g/mol. The molecule has 0 amide bonds. The van der Waals surface area contributed by atoms with Gasteiger partial charge in [0.05, 0.1) is 27.8 Å². The SMILES string of the molecule is Cc1ccc2ccc3ccc(CCCc4ccc5ccc6ccc(C)nc6c5n4)nc3c2n1.c1cc2nc(c1)-c1nccc(n1)COc1ccnc(n1)-c1cccc(n1)CCC2. The van der Waals surface area contributed by atoms with Crippen LogP contribution in [0.25, 0.3) is 66.6 Å². The molecule has 0 unspecified atom stereocenters. The first-order chi connectivity index (χ1) is 30.5. The summed E-state index contributed by atoms with van der Waals surface area (Å²) in [6.07, 6.45) is 8.86. The molecule has 0 N–H and O–H groups in total. The average Bonchev–Trinajstić information content (AvgIpc) is 3.31. The van der Waals surface area contributed by atoms with Gasteiger partial charge in [0.2, 0.25) is 5.88 Å². The van der Waals surface area contributed by atoms with Gasteiger partial charge in [-0.05, 0) is 107 Å². The molecule has 0 saturated carbocycles. The van der Waals surface area contributed by atoms with Gasteiger partial charge in [-0.25, -0.2) is 24.9 Å². The van der Waals surface area contributed by atoms with Crippen molar-refractivity contribution in [3.8, 4) is 28.9 Å².